The molecule has 0 radical (unpaired) electrons. The fourth-order valence-corrected chi connectivity index (χ4v) is 1.88. The largest absolute Gasteiger partial charge is 0.391 e. The van der Waals surface area contributed by atoms with E-state index in [1.54, 1.807) is 0 Å². The fraction of sp³-hybridized carbons (Fsp3) is 0.300. The molecular formula is C10H10O2S2. The van der Waals surface area contributed by atoms with Crippen LogP contribution in [0.2, 0.25) is 0 Å². The van der Waals surface area contributed by atoms with Gasteiger partial charge in [0.05, 0.1) is 12.4 Å². The highest BCUT2D eigenvalue weighted by molar-refractivity contribution is 8.13. The zero-order chi connectivity index (χ0) is 10.4. The number of aliphatic hydroxyl groups excluding tert-OH is 1. The Morgan fingerprint density at radius 2 is 2.50 bits per heavy atom. The van der Waals surface area contributed by atoms with Crippen molar-refractivity contribution >= 4 is 28.2 Å². The van der Waals surface area contributed by atoms with Gasteiger partial charge in [-0.2, -0.15) is 0 Å². The molecule has 14 heavy (non-hydrogen) atoms. The molecule has 0 aliphatic rings. The van der Waals surface area contributed by atoms with Gasteiger partial charge in [-0.3, -0.25) is 4.79 Å². The Kier molecular flexibility index (Phi) is 4.74. The van der Waals surface area contributed by atoms with Gasteiger partial charge in [-0.15, -0.1) is 11.3 Å². The topological polar surface area (TPSA) is 37.3 Å². The predicted molar refractivity (Wildman–Crippen MR) is 60.3 cm³/mol. The summed E-state index contributed by atoms with van der Waals surface area (Å²) in [7, 11) is 0. The number of hydrogen-bond acceptors (Lipinski definition) is 4. The maximum Gasteiger partial charge on any atom is 0.186 e. The molecule has 0 atom stereocenters. The maximum atomic E-state index is 10.6. The third kappa shape index (κ3) is 3.54. The Labute approximate surface area is 91.3 Å². The number of carbonyl (C=O) groups excluding carboxylic acids is 1. The van der Waals surface area contributed by atoms with Crippen molar-refractivity contribution in [3.05, 3.63) is 21.9 Å². The number of aliphatic hydroxyl groups is 1. The molecular weight excluding hydrogens is 216 g/mol. The zero-order valence-electron chi connectivity index (χ0n) is 7.74. The van der Waals surface area contributed by atoms with Gasteiger partial charge in [0.1, 0.15) is 0 Å². The molecule has 0 unspecified atom stereocenters. The highest BCUT2D eigenvalue weighted by Crippen LogP contribution is 2.15. The van der Waals surface area contributed by atoms with Crippen molar-refractivity contribution in [2.45, 2.75) is 13.5 Å². The van der Waals surface area contributed by atoms with Crippen LogP contribution in [0.25, 0.3) is 0 Å². The van der Waals surface area contributed by atoms with Crippen LogP contribution in [0.5, 0.6) is 0 Å². The second-order valence-electron chi connectivity index (χ2n) is 2.50. The Morgan fingerprint density at radius 3 is 3.14 bits per heavy atom. The van der Waals surface area contributed by atoms with Crippen LogP contribution >= 0.6 is 23.1 Å². The van der Waals surface area contributed by atoms with Gasteiger partial charge < -0.3 is 5.11 Å². The summed E-state index contributed by atoms with van der Waals surface area (Å²) in [4.78, 5) is 11.5. The van der Waals surface area contributed by atoms with E-state index in [4.69, 9.17) is 5.11 Å². The lowest BCUT2D eigenvalue weighted by Crippen LogP contribution is -1.83. The van der Waals surface area contributed by atoms with Crippen molar-refractivity contribution in [3.63, 3.8) is 0 Å². The third-order valence-electron chi connectivity index (χ3n) is 1.46. The molecule has 0 saturated heterocycles. The summed E-state index contributed by atoms with van der Waals surface area (Å²) in [6.07, 6.45) is 0. The van der Waals surface area contributed by atoms with Gasteiger partial charge in [0, 0.05) is 17.4 Å². The molecule has 1 aromatic rings. The maximum absolute atomic E-state index is 10.6. The van der Waals surface area contributed by atoms with E-state index in [2.05, 4.69) is 11.8 Å². The lowest BCUT2D eigenvalue weighted by atomic mass is 10.3. The quantitative estimate of drug-likeness (QED) is 0.782. The molecule has 0 aliphatic heterocycles. The average molecular weight is 226 g/mol. The molecule has 0 fully saturated rings. The van der Waals surface area contributed by atoms with Crippen LogP contribution in [0, 0.1) is 11.8 Å². The first-order valence-electron chi connectivity index (χ1n) is 4.03. The molecule has 74 valence electrons. The monoisotopic (exact) mass is 226 g/mol. The van der Waals surface area contributed by atoms with Crippen molar-refractivity contribution in [2.75, 3.05) is 5.75 Å². The van der Waals surface area contributed by atoms with Gasteiger partial charge in [0.25, 0.3) is 0 Å². The minimum Gasteiger partial charge on any atom is -0.391 e. The molecule has 1 rings (SSSR count). The number of rotatable bonds is 2. The zero-order valence-corrected chi connectivity index (χ0v) is 9.37. The fourth-order valence-electron chi connectivity index (χ4n) is 0.843. The van der Waals surface area contributed by atoms with Crippen LogP contribution < -0.4 is 0 Å². The van der Waals surface area contributed by atoms with Crippen molar-refractivity contribution in [2.24, 2.45) is 0 Å². The lowest BCUT2D eigenvalue weighted by Gasteiger charge is -1.89. The van der Waals surface area contributed by atoms with E-state index in [0.29, 0.717) is 5.75 Å². The Balaban J connectivity index is 2.54. The predicted octanol–water partition coefficient (Wildman–Crippen LogP) is 1.87. The summed E-state index contributed by atoms with van der Waals surface area (Å²) in [5.41, 5.74) is 0.863. The lowest BCUT2D eigenvalue weighted by molar-refractivity contribution is -0.109. The van der Waals surface area contributed by atoms with Crippen molar-refractivity contribution in [3.8, 4) is 11.8 Å². The highest BCUT2D eigenvalue weighted by Gasteiger charge is 1.98. The summed E-state index contributed by atoms with van der Waals surface area (Å²) >= 11 is 2.68. The van der Waals surface area contributed by atoms with Crippen molar-refractivity contribution in [1.29, 1.82) is 0 Å². The summed E-state index contributed by atoms with van der Waals surface area (Å²) in [5, 5.41) is 10.9. The van der Waals surface area contributed by atoms with E-state index in [1.165, 1.54) is 30.0 Å². The van der Waals surface area contributed by atoms with E-state index >= 15 is 0 Å². The van der Waals surface area contributed by atoms with E-state index in [9.17, 15) is 4.79 Å². The first-order chi connectivity index (χ1) is 6.74. The van der Waals surface area contributed by atoms with Gasteiger partial charge in [0.2, 0.25) is 0 Å². The van der Waals surface area contributed by atoms with Gasteiger partial charge >= 0.3 is 0 Å². The van der Waals surface area contributed by atoms with E-state index in [1.807, 2.05) is 11.4 Å². The number of thiophene rings is 1. The third-order valence-corrected chi connectivity index (χ3v) is 3.06. The summed E-state index contributed by atoms with van der Waals surface area (Å²) < 4.78 is 0. The molecule has 0 saturated carbocycles. The van der Waals surface area contributed by atoms with Gasteiger partial charge in [-0.05, 0) is 11.4 Å². The standard InChI is InChI=1S/C10H10O2S2/c1-8(12)13-5-2-3-9-4-6-14-10(9)7-11/h4,6,11H,5,7H2,1H3. The molecule has 1 aromatic heterocycles. The van der Waals surface area contributed by atoms with Crippen LogP contribution in [-0.2, 0) is 11.4 Å². The Morgan fingerprint density at radius 1 is 1.71 bits per heavy atom. The van der Waals surface area contributed by atoms with E-state index in [-0.39, 0.29) is 11.7 Å². The van der Waals surface area contributed by atoms with Gasteiger partial charge in [0.15, 0.2) is 5.12 Å². The smallest absolute Gasteiger partial charge is 0.186 e. The van der Waals surface area contributed by atoms with Crippen molar-refractivity contribution in [1.82, 2.24) is 0 Å². The Hall–Kier alpha value is -0.760. The molecule has 0 aromatic carbocycles. The number of thioether (sulfide) groups is 1. The molecule has 0 amide bonds. The SMILES string of the molecule is CC(=O)SCC#Cc1ccsc1CO. The van der Waals surface area contributed by atoms with Crippen LogP contribution in [0.3, 0.4) is 0 Å². The summed E-state index contributed by atoms with van der Waals surface area (Å²) in [6, 6.07) is 1.88. The summed E-state index contributed by atoms with van der Waals surface area (Å²) in [5.74, 6) is 6.32. The van der Waals surface area contributed by atoms with E-state index < -0.39 is 0 Å². The average Bonchev–Trinajstić information content (AvgIpc) is 2.59. The minimum atomic E-state index is 0.0293. The first-order valence-corrected chi connectivity index (χ1v) is 5.90. The number of carbonyl (C=O) groups is 1. The first kappa shape index (κ1) is 11.3. The van der Waals surface area contributed by atoms with Gasteiger partial charge in [-0.25, -0.2) is 0 Å². The normalized spacial score (nSPS) is 9.29. The van der Waals surface area contributed by atoms with E-state index in [0.717, 1.165) is 10.4 Å². The number of hydrogen-bond donors (Lipinski definition) is 1. The molecule has 2 nitrogen and oxygen atoms in total. The van der Waals surface area contributed by atoms with Crippen LogP contribution in [-0.4, -0.2) is 16.0 Å². The molecule has 0 spiro atoms. The van der Waals surface area contributed by atoms with Crippen LogP contribution in [0.4, 0.5) is 0 Å². The second kappa shape index (κ2) is 5.86. The summed E-state index contributed by atoms with van der Waals surface area (Å²) in [6.45, 7) is 1.55. The highest BCUT2D eigenvalue weighted by atomic mass is 32.2. The molecule has 1 N–H and O–H groups in total. The molecule has 4 heteroatoms. The second-order valence-corrected chi connectivity index (χ2v) is 4.65. The van der Waals surface area contributed by atoms with Gasteiger partial charge in [-0.1, -0.05) is 23.6 Å². The molecule has 0 bridgehead atoms. The minimum absolute atomic E-state index is 0.0293. The van der Waals surface area contributed by atoms with Crippen LogP contribution in [0.15, 0.2) is 11.4 Å². The van der Waals surface area contributed by atoms with Crippen molar-refractivity contribution < 1.29 is 9.90 Å². The molecule has 0 aliphatic carbocycles. The molecule has 1 heterocycles. The van der Waals surface area contributed by atoms with Crippen LogP contribution in [0.1, 0.15) is 17.4 Å². The Bertz CT molecular complexity index is 371.